The molecule has 2 heterocycles. The van der Waals surface area contributed by atoms with Gasteiger partial charge in [-0.2, -0.15) is 13.2 Å². The summed E-state index contributed by atoms with van der Waals surface area (Å²) in [6, 6.07) is 4.59. The molecule has 1 aromatic rings. The van der Waals surface area contributed by atoms with E-state index in [1.807, 2.05) is 0 Å². The fraction of sp³-hybridized carbons (Fsp3) is 0.375. The van der Waals surface area contributed by atoms with Crippen molar-refractivity contribution in [2.24, 2.45) is 0 Å². The molecule has 0 spiro atoms. The molecule has 2 saturated heterocycles. The van der Waals surface area contributed by atoms with Crippen molar-refractivity contribution >= 4 is 29.3 Å². The van der Waals surface area contributed by atoms with Gasteiger partial charge in [-0.3, -0.25) is 9.69 Å². The van der Waals surface area contributed by atoms with Crippen LogP contribution in [0.4, 0.5) is 13.2 Å². The summed E-state index contributed by atoms with van der Waals surface area (Å²) in [6.45, 7) is 1.07. The molecule has 1 aromatic carbocycles. The Morgan fingerprint density at radius 2 is 2.04 bits per heavy atom. The van der Waals surface area contributed by atoms with Gasteiger partial charge >= 0.3 is 6.18 Å². The maximum Gasteiger partial charge on any atom is 0.416 e. The number of carbonyl (C=O) groups is 1. The van der Waals surface area contributed by atoms with Gasteiger partial charge in [0.05, 0.1) is 18.2 Å². The van der Waals surface area contributed by atoms with Crippen LogP contribution in [0, 0.1) is 0 Å². The van der Waals surface area contributed by atoms with Crippen molar-refractivity contribution in [2.75, 3.05) is 13.2 Å². The number of thiocarbonyl (C=S) groups is 1. The number of nitrogens with one attached hydrogen (secondary N) is 1. The van der Waals surface area contributed by atoms with Crippen molar-refractivity contribution in [3.8, 4) is 0 Å². The molecule has 0 aliphatic carbocycles. The lowest BCUT2D eigenvalue weighted by Crippen LogP contribution is -2.37. The van der Waals surface area contributed by atoms with E-state index in [0.717, 1.165) is 25.0 Å². The summed E-state index contributed by atoms with van der Waals surface area (Å²) in [6.07, 6.45) is -1.08. The maximum absolute atomic E-state index is 12.6. The predicted molar refractivity (Wildman–Crippen MR) is 85.8 cm³/mol. The van der Waals surface area contributed by atoms with Crippen LogP contribution < -0.4 is 5.32 Å². The quantitative estimate of drug-likeness (QED) is 0.668. The van der Waals surface area contributed by atoms with Gasteiger partial charge < -0.3 is 10.1 Å². The molecular formula is C16H15F3N2O2S. The monoisotopic (exact) mass is 356 g/mol. The fourth-order valence-corrected chi connectivity index (χ4v) is 2.93. The smallest absolute Gasteiger partial charge is 0.376 e. The van der Waals surface area contributed by atoms with Gasteiger partial charge in [-0.25, -0.2) is 0 Å². The summed E-state index contributed by atoms with van der Waals surface area (Å²) in [5, 5.41) is 3.10. The van der Waals surface area contributed by atoms with Gasteiger partial charge in [-0.1, -0.05) is 12.1 Å². The van der Waals surface area contributed by atoms with Crippen LogP contribution >= 0.6 is 12.2 Å². The van der Waals surface area contributed by atoms with Crippen molar-refractivity contribution in [2.45, 2.75) is 25.1 Å². The topological polar surface area (TPSA) is 41.6 Å². The van der Waals surface area contributed by atoms with Gasteiger partial charge in [-0.15, -0.1) is 0 Å². The summed E-state index contributed by atoms with van der Waals surface area (Å²) in [7, 11) is 0. The third kappa shape index (κ3) is 3.59. The molecule has 8 heteroatoms. The Kier molecular flexibility index (Phi) is 4.60. The zero-order valence-corrected chi connectivity index (χ0v) is 13.4. The second-order valence-corrected chi connectivity index (χ2v) is 6.05. The summed E-state index contributed by atoms with van der Waals surface area (Å²) < 4.78 is 43.2. The van der Waals surface area contributed by atoms with Gasteiger partial charge in [-0.05, 0) is 48.8 Å². The van der Waals surface area contributed by atoms with Crippen LogP contribution in [0.5, 0.6) is 0 Å². The Balaban J connectivity index is 1.73. The Labute approximate surface area is 142 Å². The van der Waals surface area contributed by atoms with Crippen LogP contribution in [0.1, 0.15) is 24.0 Å². The highest BCUT2D eigenvalue weighted by molar-refractivity contribution is 7.80. The minimum Gasteiger partial charge on any atom is -0.376 e. The summed E-state index contributed by atoms with van der Waals surface area (Å²) in [5.74, 6) is -0.296. The summed E-state index contributed by atoms with van der Waals surface area (Å²) >= 11 is 5.16. The Bertz CT molecular complexity index is 680. The first-order valence-electron chi connectivity index (χ1n) is 7.48. The zero-order chi connectivity index (χ0) is 17.3. The van der Waals surface area contributed by atoms with E-state index >= 15 is 0 Å². The molecule has 0 radical (unpaired) electrons. The molecule has 2 fully saturated rings. The lowest BCUT2D eigenvalue weighted by Gasteiger charge is -2.18. The normalized spacial score (nSPS) is 23.2. The van der Waals surface area contributed by atoms with E-state index in [-0.39, 0.29) is 22.8 Å². The highest BCUT2D eigenvalue weighted by atomic mass is 32.1. The van der Waals surface area contributed by atoms with Gasteiger partial charge in [0.25, 0.3) is 5.91 Å². The van der Waals surface area contributed by atoms with E-state index in [1.54, 1.807) is 0 Å². The third-order valence-corrected chi connectivity index (χ3v) is 4.24. The summed E-state index contributed by atoms with van der Waals surface area (Å²) in [4.78, 5) is 13.8. The molecule has 4 nitrogen and oxygen atoms in total. The molecule has 1 N–H and O–H groups in total. The Hall–Kier alpha value is -1.93. The highest BCUT2D eigenvalue weighted by Gasteiger charge is 2.33. The number of nitrogens with zero attached hydrogens (tertiary/aromatic N) is 1. The minimum atomic E-state index is -4.38. The first-order valence-corrected chi connectivity index (χ1v) is 7.89. The maximum atomic E-state index is 12.6. The average Bonchev–Trinajstić information content (AvgIpc) is 3.12. The average molecular weight is 356 g/mol. The van der Waals surface area contributed by atoms with Crippen LogP contribution in [0.2, 0.25) is 0 Å². The number of halogens is 3. The van der Waals surface area contributed by atoms with Crippen molar-refractivity contribution in [3.63, 3.8) is 0 Å². The van der Waals surface area contributed by atoms with Gasteiger partial charge in [0.15, 0.2) is 5.11 Å². The van der Waals surface area contributed by atoms with E-state index in [1.165, 1.54) is 23.1 Å². The highest BCUT2D eigenvalue weighted by Crippen LogP contribution is 2.29. The van der Waals surface area contributed by atoms with Crippen LogP contribution in [0.25, 0.3) is 6.08 Å². The lowest BCUT2D eigenvalue weighted by atomic mass is 10.1. The first kappa shape index (κ1) is 16.9. The Morgan fingerprint density at radius 1 is 1.33 bits per heavy atom. The van der Waals surface area contributed by atoms with Gasteiger partial charge in [0, 0.05) is 6.61 Å². The molecule has 3 rings (SSSR count). The molecule has 1 atom stereocenters. The molecule has 2 aliphatic rings. The number of ether oxygens (including phenoxy) is 1. The number of benzene rings is 1. The molecular weight excluding hydrogens is 341 g/mol. The van der Waals surface area contributed by atoms with Crippen molar-refractivity contribution in [1.29, 1.82) is 0 Å². The number of rotatable bonds is 3. The largest absolute Gasteiger partial charge is 0.416 e. The predicted octanol–water partition coefficient (Wildman–Crippen LogP) is 2.94. The second kappa shape index (κ2) is 6.52. The molecule has 2 aliphatic heterocycles. The Morgan fingerprint density at radius 3 is 2.62 bits per heavy atom. The molecule has 0 bridgehead atoms. The fourth-order valence-electron chi connectivity index (χ4n) is 2.66. The number of carbonyl (C=O) groups excluding carboxylic acids is 1. The standard InChI is InChI=1S/C16H15F3N2O2S/c17-16(18,19)11-5-3-10(4-6-11)8-13-14(22)21(15(24)20-13)9-12-2-1-7-23-12/h3-6,8,12H,1-2,7,9H2,(H,20,24)/b13-8+. The van der Waals surface area contributed by atoms with E-state index in [9.17, 15) is 18.0 Å². The van der Waals surface area contributed by atoms with Crippen molar-refractivity contribution in [3.05, 3.63) is 41.1 Å². The minimum absolute atomic E-state index is 0.0286. The van der Waals surface area contributed by atoms with Crippen LogP contribution in [0.15, 0.2) is 30.0 Å². The third-order valence-electron chi connectivity index (χ3n) is 3.92. The van der Waals surface area contributed by atoms with Crippen LogP contribution in [-0.4, -0.2) is 35.2 Å². The van der Waals surface area contributed by atoms with E-state index in [2.05, 4.69) is 5.32 Å². The van der Waals surface area contributed by atoms with Crippen LogP contribution in [-0.2, 0) is 15.7 Å². The van der Waals surface area contributed by atoms with E-state index in [0.29, 0.717) is 18.7 Å². The van der Waals surface area contributed by atoms with Crippen molar-refractivity contribution < 1.29 is 22.7 Å². The molecule has 24 heavy (non-hydrogen) atoms. The number of hydrogen-bond acceptors (Lipinski definition) is 3. The second-order valence-electron chi connectivity index (χ2n) is 5.66. The van der Waals surface area contributed by atoms with Crippen molar-refractivity contribution in [1.82, 2.24) is 10.2 Å². The number of amides is 1. The SMILES string of the molecule is O=C1/C(=C\c2ccc(C(F)(F)F)cc2)NC(=S)N1CC1CCCO1. The molecule has 0 aromatic heterocycles. The van der Waals surface area contributed by atoms with E-state index in [4.69, 9.17) is 17.0 Å². The zero-order valence-electron chi connectivity index (χ0n) is 12.6. The first-order chi connectivity index (χ1) is 11.3. The number of hydrogen-bond donors (Lipinski definition) is 1. The molecule has 0 saturated carbocycles. The van der Waals surface area contributed by atoms with Gasteiger partial charge in [0.2, 0.25) is 0 Å². The molecule has 128 valence electrons. The van der Waals surface area contributed by atoms with E-state index < -0.39 is 11.7 Å². The van der Waals surface area contributed by atoms with Gasteiger partial charge in [0.1, 0.15) is 5.70 Å². The lowest BCUT2D eigenvalue weighted by molar-refractivity contribution is -0.137. The number of alkyl halides is 3. The van der Waals surface area contributed by atoms with Crippen LogP contribution in [0.3, 0.4) is 0 Å². The molecule has 1 unspecified atom stereocenters. The molecule has 1 amide bonds. The summed E-state index contributed by atoms with van der Waals surface area (Å²) in [5.41, 5.74) is 0.00394.